The third-order valence-electron chi connectivity index (χ3n) is 0. The maximum atomic E-state index is 0. The van der Waals surface area contributed by atoms with Crippen molar-refractivity contribution in [3.8, 4) is 0 Å². The van der Waals surface area contributed by atoms with Gasteiger partial charge in [0.2, 0.25) is 0 Å². The fourth-order valence-electron chi connectivity index (χ4n) is 0. The van der Waals surface area contributed by atoms with Gasteiger partial charge in [-0.2, -0.15) is 0 Å². The van der Waals surface area contributed by atoms with Gasteiger partial charge in [-0.15, -0.1) is 0 Å². The summed E-state index contributed by atoms with van der Waals surface area (Å²) in [5.74, 6) is 0. The van der Waals surface area contributed by atoms with Crippen LogP contribution in [0.1, 0.15) is 0 Å². The van der Waals surface area contributed by atoms with Gasteiger partial charge < -0.3 is 0 Å². The molecule has 0 aromatic rings. The molecule has 0 nitrogen and oxygen atoms in total. The van der Waals surface area contributed by atoms with E-state index in [1.165, 1.54) is 0 Å². The van der Waals surface area contributed by atoms with Gasteiger partial charge in [0.15, 0.2) is 0 Å². The first-order valence-electron chi connectivity index (χ1n) is 0. The van der Waals surface area contributed by atoms with E-state index >= 15 is 0 Å². The quantitative estimate of drug-likeness (QED) is 0.399. The zero-order chi connectivity index (χ0) is 0. The molecule has 0 bridgehead atoms. The van der Waals surface area contributed by atoms with Crippen molar-refractivity contribution in [1.29, 1.82) is 0 Å². The molecule has 9 radical (unpaired) electrons. The molecule has 0 saturated carbocycles. The van der Waals surface area contributed by atoms with Crippen LogP contribution in [0.2, 0.25) is 0 Å². The molecular weight excluding hydrogens is 199 g/mol. The molecule has 0 aliphatic carbocycles. The van der Waals surface area contributed by atoms with Crippen molar-refractivity contribution in [2.75, 3.05) is 0 Å². The second kappa shape index (κ2) is 22.8. The summed E-state index contributed by atoms with van der Waals surface area (Å²) >= 11 is 0. The summed E-state index contributed by atoms with van der Waals surface area (Å²) in [4.78, 5) is 0. The van der Waals surface area contributed by atoms with E-state index < -0.39 is 0 Å². The first kappa shape index (κ1) is 31.6. The molecule has 0 unspecified atom stereocenters. The summed E-state index contributed by atoms with van der Waals surface area (Å²) in [5, 5.41) is 0. The minimum atomic E-state index is 0. The normalized spacial score (nSPS) is 0. The van der Waals surface area contributed by atoms with E-state index in [-0.39, 0.29) is 163 Å². The first-order chi connectivity index (χ1) is 0. The fraction of sp³-hybridized carbons (Fsp3) is 0. The third kappa shape index (κ3) is 17.6. The van der Waals surface area contributed by atoms with Crippen molar-refractivity contribution in [3.05, 3.63) is 0 Å². The first-order valence-corrected chi connectivity index (χ1v) is 0. The van der Waals surface area contributed by atoms with Gasteiger partial charge in [0, 0.05) is 163 Å². The summed E-state index contributed by atoms with van der Waals surface area (Å²) in [5.41, 5.74) is 0. The molecule has 0 rings (SSSR count). The Hall–Kier alpha value is 5.36. The summed E-state index contributed by atoms with van der Waals surface area (Å²) in [6.07, 6.45) is 0. The Balaban J connectivity index is 0. The van der Waals surface area contributed by atoms with Gasteiger partial charge in [-0.25, -0.2) is 0 Å². The average Bonchev–Trinajstić information content (AvgIpc) is 0. The van der Waals surface area contributed by atoms with Crippen LogP contribution in [0.15, 0.2) is 0 Å². The minimum absolute atomic E-state index is 0. The Labute approximate surface area is 158 Å². The van der Waals surface area contributed by atoms with Crippen molar-refractivity contribution in [2.24, 2.45) is 0 Å². The van der Waals surface area contributed by atoms with Crippen molar-refractivity contribution in [1.82, 2.24) is 0 Å². The molecule has 0 saturated heterocycles. The summed E-state index contributed by atoms with van der Waals surface area (Å²) in [6, 6.07) is 0. The molecule has 0 aliphatic rings. The number of rotatable bonds is 0. The van der Waals surface area contributed by atoms with Crippen LogP contribution in [-0.4, -0.2) is 163 Å². The van der Waals surface area contributed by atoms with Gasteiger partial charge in [0.05, 0.1) is 0 Å². The van der Waals surface area contributed by atoms with Gasteiger partial charge >= 0.3 is 0 Å². The fourth-order valence-corrected chi connectivity index (χ4v) is 0. The molecule has 0 fully saturated rings. The van der Waals surface area contributed by atoms with E-state index in [2.05, 4.69) is 0 Å². The van der Waals surface area contributed by atoms with E-state index in [0.717, 1.165) is 0 Å². The van der Waals surface area contributed by atoms with Crippen LogP contribution in [0.25, 0.3) is 0 Å². The Morgan fingerprint density at radius 2 is 0.800 bits per heavy atom. The average molecular weight is 199 g/mol. The zero-order valence-electron chi connectivity index (χ0n) is 3.83. The molecule has 5 heteroatoms. The molecular formula is Ca2LiMgSr. The van der Waals surface area contributed by atoms with Gasteiger partial charge in [0.25, 0.3) is 0 Å². The van der Waals surface area contributed by atoms with E-state index in [9.17, 15) is 0 Å². The Morgan fingerprint density at radius 1 is 0.800 bits per heavy atom. The maximum absolute atomic E-state index is 0. The van der Waals surface area contributed by atoms with E-state index in [0.29, 0.717) is 0 Å². The predicted molar refractivity (Wildman–Crippen MR) is 28.8 cm³/mol. The van der Waals surface area contributed by atoms with Gasteiger partial charge in [-0.05, 0) is 0 Å². The summed E-state index contributed by atoms with van der Waals surface area (Å²) < 4.78 is 0. The molecule has 0 aromatic carbocycles. The van der Waals surface area contributed by atoms with E-state index in [1.54, 1.807) is 0 Å². The molecule has 0 aromatic heterocycles. The van der Waals surface area contributed by atoms with Gasteiger partial charge in [0.1, 0.15) is 0 Å². The van der Waals surface area contributed by atoms with Crippen molar-refractivity contribution in [3.63, 3.8) is 0 Å². The molecule has 0 N–H and O–H groups in total. The largest absolute Gasteiger partial charge is 0 e. The van der Waals surface area contributed by atoms with Crippen LogP contribution in [0.3, 0.4) is 0 Å². The van der Waals surface area contributed by atoms with E-state index in [1.807, 2.05) is 0 Å². The summed E-state index contributed by atoms with van der Waals surface area (Å²) in [7, 11) is 0. The molecule has 0 atom stereocenters. The van der Waals surface area contributed by atoms with Crippen LogP contribution in [0, 0.1) is 0 Å². The molecule has 0 aliphatic heterocycles. The smallest absolute Gasteiger partial charge is 0 e. The molecule has 9 valence electrons. The number of hydrogen-bond acceptors (Lipinski definition) is 0. The van der Waals surface area contributed by atoms with Crippen molar-refractivity contribution >= 4 is 163 Å². The monoisotopic (exact) mass is 199 g/mol. The maximum Gasteiger partial charge on any atom is 0 e. The Morgan fingerprint density at radius 3 is 0.800 bits per heavy atom. The van der Waals surface area contributed by atoms with E-state index in [4.69, 9.17) is 0 Å². The van der Waals surface area contributed by atoms with Crippen LogP contribution in [0.4, 0.5) is 0 Å². The predicted octanol–water partition coefficient (Wildman–Crippen LogP) is -1.90. The minimum Gasteiger partial charge on any atom is 0 e. The Bertz CT molecular complexity index is 9.61. The molecule has 0 heterocycles. The van der Waals surface area contributed by atoms with Crippen LogP contribution >= 0.6 is 0 Å². The topological polar surface area (TPSA) is 0 Å². The molecule has 0 amide bonds. The summed E-state index contributed by atoms with van der Waals surface area (Å²) in [6.45, 7) is 0. The second-order valence-corrected chi connectivity index (χ2v) is 0. The van der Waals surface area contributed by atoms with Crippen molar-refractivity contribution < 1.29 is 0 Å². The van der Waals surface area contributed by atoms with Gasteiger partial charge in [-0.3, -0.25) is 0 Å². The van der Waals surface area contributed by atoms with Crippen molar-refractivity contribution in [2.45, 2.75) is 0 Å². The third-order valence-corrected chi connectivity index (χ3v) is 0. The molecule has 5 heavy (non-hydrogen) atoms. The number of hydrogen-bond donors (Lipinski definition) is 0. The zero-order valence-corrected chi connectivity index (χ0v) is 13.1. The van der Waals surface area contributed by atoms with Crippen LogP contribution < -0.4 is 0 Å². The SMILES string of the molecule is [Ca].[Ca].[Li].[Mg].[Sr]. The van der Waals surface area contributed by atoms with Crippen LogP contribution in [-0.2, 0) is 0 Å². The van der Waals surface area contributed by atoms with Crippen LogP contribution in [0.5, 0.6) is 0 Å². The molecule has 0 spiro atoms. The standard InChI is InChI=1S/2Ca.Li.Mg.Sr. The second-order valence-electron chi connectivity index (χ2n) is 0. The van der Waals surface area contributed by atoms with Gasteiger partial charge in [-0.1, -0.05) is 0 Å². The Kier molecular flexibility index (Phi) is 144.